The zero-order chi connectivity index (χ0) is 9.45. The van der Waals surface area contributed by atoms with Gasteiger partial charge in [-0.15, -0.1) is 9.93 Å². The first-order valence-electron chi connectivity index (χ1n) is 3.71. The van der Waals surface area contributed by atoms with Crippen LogP contribution in [0.1, 0.15) is 0 Å². The summed E-state index contributed by atoms with van der Waals surface area (Å²) in [4.78, 5) is 3.68. The van der Waals surface area contributed by atoms with Crippen LogP contribution in [0.25, 0.3) is 0 Å². The third-order valence-corrected chi connectivity index (χ3v) is 2.57. The fourth-order valence-corrected chi connectivity index (χ4v) is 1.20. The summed E-state index contributed by atoms with van der Waals surface area (Å²) < 4.78 is 16.3. The molecule has 0 amide bonds. The van der Waals surface area contributed by atoms with E-state index in [-0.39, 0.29) is 0 Å². The van der Waals surface area contributed by atoms with Gasteiger partial charge < -0.3 is 4.74 Å². The average Bonchev–Trinajstić information content (AvgIpc) is 1.94. The van der Waals surface area contributed by atoms with Crippen LogP contribution < -0.4 is 0 Å². The van der Waals surface area contributed by atoms with Crippen molar-refractivity contribution < 1.29 is 8.95 Å². The van der Waals surface area contributed by atoms with Crippen LogP contribution in [-0.4, -0.2) is 47.4 Å². The minimum atomic E-state index is -1.91. The Morgan fingerprint density at radius 1 is 1.50 bits per heavy atom. The first kappa shape index (κ1) is 11.9. The number of isothiocyanates is 1. The predicted octanol–water partition coefficient (Wildman–Crippen LogP) is 0.382. The summed E-state index contributed by atoms with van der Waals surface area (Å²) in [6, 6.07) is 0. The maximum Gasteiger partial charge on any atom is 0.0727 e. The second kappa shape index (κ2) is 6.43. The molecule has 0 spiro atoms. The Balaban J connectivity index is 3.22. The molecule has 12 heavy (non-hydrogen) atoms. The van der Waals surface area contributed by atoms with Gasteiger partial charge in [-0.2, -0.15) is 0 Å². The number of ether oxygens (including phenoxy) is 1. The number of aliphatic imine (C=N–C) groups is 1. The fraction of sp³-hybridized carbons (Fsp3) is 0.857. The van der Waals surface area contributed by atoms with E-state index in [0.29, 0.717) is 25.5 Å². The van der Waals surface area contributed by atoms with Gasteiger partial charge >= 0.3 is 0 Å². The Morgan fingerprint density at radius 3 is 2.67 bits per heavy atom. The van der Waals surface area contributed by atoms with Gasteiger partial charge in [0.05, 0.1) is 24.9 Å². The van der Waals surface area contributed by atoms with Crippen molar-refractivity contribution in [1.82, 2.24) is 0 Å². The topological polar surface area (TPSA) is 38.7 Å². The highest BCUT2D eigenvalue weighted by Gasteiger charge is 1.98. The van der Waals surface area contributed by atoms with Gasteiger partial charge in [-0.25, -0.2) is 4.99 Å². The number of thiol groups is 1. The summed E-state index contributed by atoms with van der Waals surface area (Å²) in [5, 5.41) is 2.25. The lowest BCUT2D eigenvalue weighted by atomic mass is 10.7. The second-order valence-corrected chi connectivity index (χ2v) is 6.66. The summed E-state index contributed by atoms with van der Waals surface area (Å²) in [5.41, 5.74) is 0. The van der Waals surface area contributed by atoms with E-state index in [2.05, 4.69) is 22.4 Å². The molecular weight excluding hydrogens is 194 g/mol. The molecule has 5 heteroatoms. The van der Waals surface area contributed by atoms with Crippen molar-refractivity contribution in [2.75, 3.05) is 38.0 Å². The highest BCUT2D eigenvalue weighted by atomic mass is 32.2. The van der Waals surface area contributed by atoms with Gasteiger partial charge in [-0.05, 0) is 24.7 Å². The van der Waals surface area contributed by atoms with Crippen molar-refractivity contribution in [1.29, 1.82) is 0 Å². The first-order valence-corrected chi connectivity index (χ1v) is 6.91. The number of rotatable bonds is 6. The summed E-state index contributed by atoms with van der Waals surface area (Å²) in [6.45, 7) is 1.61. The Hall–Kier alpha value is -0.0900. The third kappa shape index (κ3) is 9.91. The summed E-state index contributed by atoms with van der Waals surface area (Å²) in [6.07, 6.45) is 3.51. The Kier molecular flexibility index (Phi) is 6.38. The molecule has 0 aromatic carbocycles. The minimum Gasteiger partial charge on any atom is -0.379 e. The molecule has 0 unspecified atom stereocenters. The molecule has 0 aromatic heterocycles. The van der Waals surface area contributed by atoms with Gasteiger partial charge in [0.1, 0.15) is 0 Å². The number of thiocarbonyl (C=S) groups is 1. The standard InChI is InChI=1S/C7H15NO2S2/c1-12(2,9)6-5-10-4-3-8-7-11/h12H,3-6H2,1-2H3. The molecule has 0 N–H and O–H groups in total. The van der Waals surface area contributed by atoms with E-state index < -0.39 is 9.93 Å². The molecular formula is C7H15NO2S2. The fourth-order valence-electron chi connectivity index (χ4n) is 0.542. The van der Waals surface area contributed by atoms with Gasteiger partial charge in [0.25, 0.3) is 0 Å². The Labute approximate surface area is 79.6 Å². The molecule has 0 aliphatic rings. The van der Waals surface area contributed by atoms with Gasteiger partial charge in [0, 0.05) is 5.75 Å². The molecule has 0 atom stereocenters. The molecule has 0 bridgehead atoms. The van der Waals surface area contributed by atoms with Crippen LogP contribution >= 0.6 is 12.2 Å². The molecule has 0 fully saturated rings. The van der Waals surface area contributed by atoms with Crippen molar-refractivity contribution >= 4 is 27.3 Å². The van der Waals surface area contributed by atoms with E-state index in [1.807, 2.05) is 0 Å². The molecule has 0 heterocycles. The molecule has 0 aliphatic heterocycles. The number of hydrogen-bond donors (Lipinski definition) is 1. The SMILES string of the molecule is C[SH](C)(=O)CCOCCN=C=S. The van der Waals surface area contributed by atoms with E-state index in [0.717, 1.165) is 0 Å². The van der Waals surface area contributed by atoms with Crippen LogP contribution in [0.5, 0.6) is 0 Å². The van der Waals surface area contributed by atoms with Crippen molar-refractivity contribution in [2.24, 2.45) is 4.99 Å². The van der Waals surface area contributed by atoms with Gasteiger partial charge in [0.2, 0.25) is 0 Å². The summed E-state index contributed by atoms with van der Waals surface area (Å²) in [7, 11) is -1.91. The number of nitrogens with zero attached hydrogens (tertiary/aromatic N) is 1. The largest absolute Gasteiger partial charge is 0.379 e. The smallest absolute Gasteiger partial charge is 0.0727 e. The van der Waals surface area contributed by atoms with Crippen LogP contribution in [0.3, 0.4) is 0 Å². The number of hydrogen-bond acceptors (Lipinski definition) is 4. The highest BCUT2D eigenvalue weighted by Crippen LogP contribution is 1.91. The van der Waals surface area contributed by atoms with E-state index in [9.17, 15) is 4.21 Å². The maximum absolute atomic E-state index is 11.2. The quantitative estimate of drug-likeness (QED) is 0.297. The minimum absolute atomic E-state index is 0.531. The first-order chi connectivity index (χ1) is 5.56. The Morgan fingerprint density at radius 2 is 2.17 bits per heavy atom. The monoisotopic (exact) mass is 209 g/mol. The van der Waals surface area contributed by atoms with Crippen molar-refractivity contribution in [3.8, 4) is 0 Å². The molecule has 0 saturated carbocycles. The third-order valence-electron chi connectivity index (χ3n) is 1.19. The molecule has 0 aliphatic carbocycles. The maximum atomic E-state index is 11.2. The van der Waals surface area contributed by atoms with Gasteiger partial charge in [0.15, 0.2) is 0 Å². The van der Waals surface area contributed by atoms with Crippen LogP contribution in [0.4, 0.5) is 0 Å². The molecule has 0 saturated heterocycles. The predicted molar refractivity (Wildman–Crippen MR) is 57.0 cm³/mol. The second-order valence-electron chi connectivity index (χ2n) is 2.88. The van der Waals surface area contributed by atoms with Crippen LogP contribution in [0.2, 0.25) is 0 Å². The molecule has 0 radical (unpaired) electrons. The molecule has 0 aromatic rings. The van der Waals surface area contributed by atoms with Gasteiger partial charge in [-0.3, -0.25) is 4.21 Å². The lowest BCUT2D eigenvalue weighted by Gasteiger charge is -2.10. The van der Waals surface area contributed by atoms with Crippen molar-refractivity contribution in [2.45, 2.75) is 0 Å². The van der Waals surface area contributed by atoms with Crippen molar-refractivity contribution in [3.63, 3.8) is 0 Å². The normalized spacial score (nSPS) is 12.2. The van der Waals surface area contributed by atoms with E-state index >= 15 is 0 Å². The lowest BCUT2D eigenvalue weighted by molar-refractivity contribution is 0.157. The zero-order valence-electron chi connectivity index (χ0n) is 7.45. The van der Waals surface area contributed by atoms with E-state index in [4.69, 9.17) is 4.74 Å². The summed E-state index contributed by atoms with van der Waals surface area (Å²) >= 11 is 4.37. The molecule has 3 nitrogen and oxygen atoms in total. The molecule has 72 valence electrons. The summed E-state index contributed by atoms with van der Waals surface area (Å²) in [5.74, 6) is 0.633. The van der Waals surface area contributed by atoms with Crippen LogP contribution in [0.15, 0.2) is 4.99 Å². The lowest BCUT2D eigenvalue weighted by Crippen LogP contribution is -2.17. The van der Waals surface area contributed by atoms with E-state index in [1.54, 1.807) is 12.5 Å². The zero-order valence-corrected chi connectivity index (χ0v) is 9.16. The van der Waals surface area contributed by atoms with E-state index in [1.165, 1.54) is 0 Å². The highest BCUT2D eigenvalue weighted by molar-refractivity contribution is 8.01. The average molecular weight is 209 g/mol. The van der Waals surface area contributed by atoms with Crippen LogP contribution in [-0.2, 0) is 14.7 Å². The Bertz CT molecular complexity index is 205. The van der Waals surface area contributed by atoms with Crippen molar-refractivity contribution in [3.05, 3.63) is 0 Å². The van der Waals surface area contributed by atoms with Crippen LogP contribution in [0, 0.1) is 0 Å². The molecule has 0 rings (SSSR count). The van der Waals surface area contributed by atoms with Gasteiger partial charge in [-0.1, -0.05) is 0 Å².